The first-order valence-corrected chi connectivity index (χ1v) is 6.71. The van der Waals surface area contributed by atoms with Crippen LogP contribution in [0.1, 0.15) is 52.9 Å². The monoisotopic (exact) mass is 244 g/mol. The van der Waals surface area contributed by atoms with E-state index in [-0.39, 0.29) is 6.10 Å². The van der Waals surface area contributed by atoms with Gasteiger partial charge in [-0.15, -0.1) is 11.6 Å². The minimum Gasteiger partial charge on any atom is -0.389 e. The van der Waals surface area contributed by atoms with E-state index in [1.165, 1.54) is 5.57 Å². The molecule has 2 heteroatoms. The molecule has 0 spiro atoms. The molecular formula is C14H25ClO. The van der Waals surface area contributed by atoms with Crippen LogP contribution >= 0.6 is 11.6 Å². The van der Waals surface area contributed by atoms with Crippen molar-refractivity contribution in [3.8, 4) is 0 Å². The number of hydrogen-bond acceptors (Lipinski definition) is 1. The van der Waals surface area contributed by atoms with Crippen LogP contribution in [0, 0.1) is 0 Å². The van der Waals surface area contributed by atoms with Gasteiger partial charge in [0.15, 0.2) is 0 Å². The van der Waals surface area contributed by atoms with Gasteiger partial charge in [-0.1, -0.05) is 37.5 Å². The number of allylic oxidation sites excluding steroid dienone is 3. The van der Waals surface area contributed by atoms with E-state index in [9.17, 15) is 5.11 Å². The Morgan fingerprint density at radius 2 is 2.00 bits per heavy atom. The van der Waals surface area contributed by atoms with E-state index >= 15 is 0 Å². The van der Waals surface area contributed by atoms with Crippen molar-refractivity contribution in [2.45, 2.75) is 59.0 Å². The molecule has 1 N–H and O–H groups in total. The second-order valence-electron chi connectivity index (χ2n) is 4.35. The predicted octanol–water partition coefficient (Wildman–Crippen LogP) is 4.45. The van der Waals surface area contributed by atoms with Gasteiger partial charge in [0.25, 0.3) is 0 Å². The van der Waals surface area contributed by atoms with Crippen LogP contribution in [0.2, 0.25) is 0 Å². The lowest BCUT2D eigenvalue weighted by Crippen LogP contribution is -2.07. The van der Waals surface area contributed by atoms with Gasteiger partial charge in [0.05, 0.1) is 6.10 Å². The smallest absolute Gasteiger partial charge is 0.0747 e. The van der Waals surface area contributed by atoms with Crippen LogP contribution in [0.3, 0.4) is 0 Å². The first-order chi connectivity index (χ1) is 7.61. The van der Waals surface area contributed by atoms with Gasteiger partial charge >= 0.3 is 0 Å². The van der Waals surface area contributed by atoms with Crippen LogP contribution in [0.25, 0.3) is 0 Å². The molecule has 0 aromatic carbocycles. The van der Waals surface area contributed by atoms with E-state index in [2.05, 4.69) is 19.9 Å². The van der Waals surface area contributed by atoms with Gasteiger partial charge in [-0.2, -0.15) is 0 Å². The van der Waals surface area contributed by atoms with Gasteiger partial charge in [-0.05, 0) is 38.7 Å². The molecule has 0 aliphatic carbocycles. The Bertz CT molecular complexity index is 231. The average Bonchev–Trinajstić information content (AvgIpc) is 2.26. The third kappa shape index (κ3) is 7.95. The minimum absolute atomic E-state index is 0.253. The lowest BCUT2D eigenvalue weighted by molar-refractivity contribution is 0.196. The highest BCUT2D eigenvalue weighted by atomic mass is 35.5. The number of alkyl halides is 1. The standard InChI is InChI=1S/C14H25ClO/c1-4-5-9-14(16)13(3)8-6-7-12(2)10-11-15/h8,10,14,16H,4-7,9,11H2,1-3H3. The Morgan fingerprint density at radius 3 is 2.56 bits per heavy atom. The zero-order valence-corrected chi connectivity index (χ0v) is 11.6. The lowest BCUT2D eigenvalue weighted by atomic mass is 10.0. The second-order valence-corrected chi connectivity index (χ2v) is 4.66. The Balaban J connectivity index is 3.89. The molecule has 0 bridgehead atoms. The van der Waals surface area contributed by atoms with E-state index in [0.717, 1.165) is 37.7 Å². The van der Waals surface area contributed by atoms with Gasteiger partial charge in [0.2, 0.25) is 0 Å². The molecule has 0 heterocycles. The average molecular weight is 245 g/mol. The summed E-state index contributed by atoms with van der Waals surface area (Å²) in [5, 5.41) is 9.81. The normalized spacial score (nSPS) is 15.3. The van der Waals surface area contributed by atoms with E-state index in [0.29, 0.717) is 5.88 Å². The number of rotatable bonds is 8. The molecule has 0 radical (unpaired) electrons. The maximum atomic E-state index is 9.81. The number of halogens is 1. The molecule has 1 unspecified atom stereocenters. The fraction of sp³-hybridized carbons (Fsp3) is 0.714. The number of aliphatic hydroxyl groups is 1. The zero-order chi connectivity index (χ0) is 12.4. The molecule has 0 aliphatic heterocycles. The van der Waals surface area contributed by atoms with Gasteiger partial charge in [0.1, 0.15) is 0 Å². The molecule has 0 amide bonds. The fourth-order valence-corrected chi connectivity index (χ4v) is 1.79. The Labute approximate surface area is 105 Å². The van der Waals surface area contributed by atoms with E-state index in [1.807, 2.05) is 13.0 Å². The minimum atomic E-state index is -0.253. The summed E-state index contributed by atoms with van der Waals surface area (Å²) in [5.74, 6) is 0.591. The van der Waals surface area contributed by atoms with Crippen molar-refractivity contribution in [1.29, 1.82) is 0 Å². The van der Waals surface area contributed by atoms with E-state index in [1.54, 1.807) is 0 Å². The molecule has 1 nitrogen and oxygen atoms in total. The summed E-state index contributed by atoms with van der Waals surface area (Å²) in [6.45, 7) is 6.26. The molecule has 0 saturated carbocycles. The van der Waals surface area contributed by atoms with Crippen molar-refractivity contribution < 1.29 is 5.11 Å². The molecule has 0 aliphatic rings. The molecule has 16 heavy (non-hydrogen) atoms. The molecule has 0 saturated heterocycles. The Hall–Kier alpha value is -0.270. The SMILES string of the molecule is CCCCC(O)C(C)=CCCC(C)=CCCl. The van der Waals surface area contributed by atoms with Crippen LogP contribution in [0.4, 0.5) is 0 Å². The van der Waals surface area contributed by atoms with Crippen molar-refractivity contribution in [3.05, 3.63) is 23.3 Å². The van der Waals surface area contributed by atoms with Gasteiger partial charge in [-0.25, -0.2) is 0 Å². The summed E-state index contributed by atoms with van der Waals surface area (Å²) >= 11 is 5.61. The quantitative estimate of drug-likeness (QED) is 0.494. The Kier molecular flexibility index (Phi) is 9.75. The maximum absolute atomic E-state index is 9.81. The number of aliphatic hydroxyl groups excluding tert-OH is 1. The highest BCUT2D eigenvalue weighted by molar-refractivity contribution is 6.18. The van der Waals surface area contributed by atoms with Crippen LogP contribution in [-0.4, -0.2) is 17.1 Å². The van der Waals surface area contributed by atoms with E-state index in [4.69, 9.17) is 11.6 Å². The van der Waals surface area contributed by atoms with Crippen molar-refractivity contribution in [1.82, 2.24) is 0 Å². The predicted molar refractivity (Wildman–Crippen MR) is 73.0 cm³/mol. The molecular weight excluding hydrogens is 220 g/mol. The molecule has 0 aromatic heterocycles. The largest absolute Gasteiger partial charge is 0.389 e. The summed E-state index contributed by atoms with van der Waals surface area (Å²) in [6, 6.07) is 0. The third-order valence-corrected chi connectivity index (χ3v) is 2.94. The van der Waals surface area contributed by atoms with E-state index < -0.39 is 0 Å². The first kappa shape index (κ1) is 15.7. The highest BCUT2D eigenvalue weighted by Gasteiger charge is 2.04. The zero-order valence-electron chi connectivity index (χ0n) is 10.8. The number of unbranched alkanes of at least 4 members (excludes halogenated alkanes) is 1. The Morgan fingerprint density at radius 1 is 1.31 bits per heavy atom. The number of hydrogen-bond donors (Lipinski definition) is 1. The van der Waals surface area contributed by atoms with Crippen LogP contribution in [-0.2, 0) is 0 Å². The van der Waals surface area contributed by atoms with Gasteiger partial charge in [-0.3, -0.25) is 0 Å². The first-order valence-electron chi connectivity index (χ1n) is 6.18. The molecule has 0 aromatic rings. The molecule has 1 atom stereocenters. The highest BCUT2D eigenvalue weighted by Crippen LogP contribution is 2.12. The maximum Gasteiger partial charge on any atom is 0.0747 e. The van der Waals surface area contributed by atoms with Crippen LogP contribution < -0.4 is 0 Å². The fourth-order valence-electron chi connectivity index (χ4n) is 1.52. The van der Waals surface area contributed by atoms with Crippen LogP contribution in [0.5, 0.6) is 0 Å². The molecule has 0 rings (SSSR count). The molecule has 0 fully saturated rings. The molecule has 94 valence electrons. The van der Waals surface area contributed by atoms with Gasteiger partial charge in [0, 0.05) is 5.88 Å². The summed E-state index contributed by atoms with van der Waals surface area (Å²) in [6.07, 6.45) is 9.08. The summed E-state index contributed by atoms with van der Waals surface area (Å²) < 4.78 is 0. The second kappa shape index (κ2) is 9.92. The topological polar surface area (TPSA) is 20.2 Å². The van der Waals surface area contributed by atoms with Gasteiger partial charge < -0.3 is 5.11 Å². The van der Waals surface area contributed by atoms with Crippen molar-refractivity contribution in [2.24, 2.45) is 0 Å². The van der Waals surface area contributed by atoms with Crippen molar-refractivity contribution in [2.75, 3.05) is 5.88 Å². The summed E-state index contributed by atoms with van der Waals surface area (Å²) in [5.41, 5.74) is 2.43. The van der Waals surface area contributed by atoms with Crippen molar-refractivity contribution >= 4 is 11.6 Å². The lowest BCUT2D eigenvalue weighted by Gasteiger charge is -2.10. The summed E-state index contributed by atoms with van der Waals surface area (Å²) in [4.78, 5) is 0. The third-order valence-electron chi connectivity index (χ3n) is 2.79. The van der Waals surface area contributed by atoms with Crippen molar-refractivity contribution in [3.63, 3.8) is 0 Å². The van der Waals surface area contributed by atoms with Crippen LogP contribution in [0.15, 0.2) is 23.3 Å². The summed E-state index contributed by atoms with van der Waals surface area (Å²) in [7, 11) is 0.